The summed E-state index contributed by atoms with van der Waals surface area (Å²) in [5.74, 6) is 0.613. The molecule has 1 spiro atoms. The zero-order valence-electron chi connectivity index (χ0n) is 15.9. The Balaban J connectivity index is 1.23. The van der Waals surface area contributed by atoms with E-state index in [0.29, 0.717) is 12.5 Å². The highest BCUT2D eigenvalue weighted by molar-refractivity contribution is 5.09. The number of ether oxygens (including phenoxy) is 2. The first-order valence-corrected chi connectivity index (χ1v) is 10.1. The van der Waals surface area contributed by atoms with E-state index in [1.165, 1.54) is 5.56 Å². The van der Waals surface area contributed by atoms with Gasteiger partial charge in [0.1, 0.15) is 0 Å². The Kier molecular flexibility index (Phi) is 6.12. The SMILES string of the molecule is c1ccc(COCC[C@H]2CCOC23CCN(Cc2cccnc2)CC3)nc1. The third kappa shape index (κ3) is 4.72. The van der Waals surface area contributed by atoms with Crippen LogP contribution in [0.4, 0.5) is 0 Å². The molecule has 2 aliphatic heterocycles. The summed E-state index contributed by atoms with van der Waals surface area (Å²) < 4.78 is 12.2. The van der Waals surface area contributed by atoms with Gasteiger partial charge in [-0.25, -0.2) is 0 Å². The van der Waals surface area contributed by atoms with E-state index in [4.69, 9.17) is 9.47 Å². The van der Waals surface area contributed by atoms with Gasteiger partial charge in [-0.15, -0.1) is 0 Å². The number of likely N-dealkylation sites (tertiary alicyclic amines) is 1. The van der Waals surface area contributed by atoms with Crippen LogP contribution in [-0.4, -0.2) is 46.8 Å². The molecule has 4 heterocycles. The normalized spacial score (nSPS) is 22.3. The number of nitrogens with zero attached hydrogens (tertiary/aromatic N) is 3. The average molecular weight is 367 g/mol. The van der Waals surface area contributed by atoms with E-state index >= 15 is 0 Å². The lowest BCUT2D eigenvalue weighted by Gasteiger charge is -2.42. The quantitative estimate of drug-likeness (QED) is 0.702. The first-order chi connectivity index (χ1) is 13.3. The highest BCUT2D eigenvalue weighted by Crippen LogP contribution is 2.42. The Morgan fingerprint density at radius 3 is 2.85 bits per heavy atom. The van der Waals surface area contributed by atoms with E-state index in [0.717, 1.165) is 64.2 Å². The number of pyridine rings is 2. The molecule has 2 fully saturated rings. The molecule has 0 saturated carbocycles. The second-order valence-electron chi connectivity index (χ2n) is 7.70. The van der Waals surface area contributed by atoms with Crippen molar-refractivity contribution >= 4 is 0 Å². The van der Waals surface area contributed by atoms with Crippen molar-refractivity contribution in [3.63, 3.8) is 0 Å². The Bertz CT molecular complexity index is 687. The van der Waals surface area contributed by atoms with Crippen LogP contribution in [0.25, 0.3) is 0 Å². The molecule has 0 N–H and O–H groups in total. The lowest BCUT2D eigenvalue weighted by molar-refractivity contribution is -0.0734. The summed E-state index contributed by atoms with van der Waals surface area (Å²) in [4.78, 5) is 11.1. The predicted molar refractivity (Wildman–Crippen MR) is 104 cm³/mol. The average Bonchev–Trinajstić information content (AvgIpc) is 3.11. The summed E-state index contributed by atoms with van der Waals surface area (Å²) in [5, 5.41) is 0. The largest absolute Gasteiger partial charge is 0.375 e. The first kappa shape index (κ1) is 18.5. The maximum atomic E-state index is 6.30. The molecule has 0 aliphatic carbocycles. The molecule has 5 nitrogen and oxygen atoms in total. The number of hydrogen-bond donors (Lipinski definition) is 0. The lowest BCUT2D eigenvalue weighted by atomic mass is 9.78. The first-order valence-electron chi connectivity index (χ1n) is 10.1. The molecule has 0 unspecified atom stereocenters. The van der Waals surface area contributed by atoms with E-state index in [1.54, 1.807) is 0 Å². The summed E-state index contributed by atoms with van der Waals surface area (Å²) >= 11 is 0. The number of aromatic nitrogens is 2. The van der Waals surface area contributed by atoms with Gasteiger partial charge in [-0.2, -0.15) is 0 Å². The molecule has 2 saturated heterocycles. The van der Waals surface area contributed by atoms with Crippen LogP contribution in [0.2, 0.25) is 0 Å². The molecule has 0 amide bonds. The van der Waals surface area contributed by atoms with E-state index < -0.39 is 0 Å². The Morgan fingerprint density at radius 1 is 1.15 bits per heavy atom. The van der Waals surface area contributed by atoms with Gasteiger partial charge >= 0.3 is 0 Å². The standard InChI is InChI=1S/C22H29N3O2/c1-2-11-24-21(5-1)18-26-14-6-20-7-15-27-22(20)8-12-25(13-9-22)17-19-4-3-10-23-16-19/h1-5,10-11,16,20H,6-9,12-15,17-18H2/t20-/m0/s1. The van der Waals surface area contributed by atoms with Crippen LogP contribution < -0.4 is 0 Å². The van der Waals surface area contributed by atoms with Gasteiger partial charge in [0.05, 0.1) is 17.9 Å². The van der Waals surface area contributed by atoms with Crippen molar-refractivity contribution in [3.8, 4) is 0 Å². The van der Waals surface area contributed by atoms with Crippen LogP contribution in [0.5, 0.6) is 0 Å². The molecular weight excluding hydrogens is 338 g/mol. The second kappa shape index (κ2) is 8.91. The van der Waals surface area contributed by atoms with Crippen molar-refractivity contribution in [1.29, 1.82) is 0 Å². The second-order valence-corrected chi connectivity index (χ2v) is 7.70. The summed E-state index contributed by atoms with van der Waals surface area (Å²) in [5.41, 5.74) is 2.36. The third-order valence-electron chi connectivity index (χ3n) is 6.02. The van der Waals surface area contributed by atoms with Gasteiger partial charge < -0.3 is 9.47 Å². The summed E-state index contributed by atoms with van der Waals surface area (Å²) in [6.45, 7) is 5.46. The number of hydrogen-bond acceptors (Lipinski definition) is 5. The Hall–Kier alpha value is -1.82. The van der Waals surface area contributed by atoms with Gasteiger partial charge in [0, 0.05) is 51.4 Å². The van der Waals surface area contributed by atoms with Gasteiger partial charge in [-0.1, -0.05) is 12.1 Å². The van der Waals surface area contributed by atoms with E-state index in [1.807, 2.05) is 42.9 Å². The summed E-state index contributed by atoms with van der Waals surface area (Å²) in [6, 6.07) is 10.1. The Morgan fingerprint density at radius 2 is 2.07 bits per heavy atom. The van der Waals surface area contributed by atoms with E-state index in [9.17, 15) is 0 Å². The molecule has 0 bridgehead atoms. The molecule has 0 aromatic carbocycles. The van der Waals surface area contributed by atoms with Crippen LogP contribution in [0.15, 0.2) is 48.9 Å². The zero-order chi connectivity index (χ0) is 18.4. The van der Waals surface area contributed by atoms with Crippen molar-refractivity contribution in [1.82, 2.24) is 14.9 Å². The minimum Gasteiger partial charge on any atom is -0.375 e. The topological polar surface area (TPSA) is 47.5 Å². The van der Waals surface area contributed by atoms with Crippen LogP contribution in [0.1, 0.15) is 36.9 Å². The molecule has 2 aromatic heterocycles. The van der Waals surface area contributed by atoms with Crippen molar-refractivity contribution in [2.45, 2.75) is 44.4 Å². The maximum Gasteiger partial charge on any atom is 0.0887 e. The molecule has 5 heteroatoms. The van der Waals surface area contributed by atoms with Gasteiger partial charge in [-0.3, -0.25) is 14.9 Å². The monoisotopic (exact) mass is 367 g/mol. The van der Waals surface area contributed by atoms with Crippen molar-refractivity contribution in [2.75, 3.05) is 26.3 Å². The van der Waals surface area contributed by atoms with Crippen LogP contribution >= 0.6 is 0 Å². The minimum absolute atomic E-state index is 0.0692. The molecule has 2 aliphatic rings. The third-order valence-corrected chi connectivity index (χ3v) is 6.02. The summed E-state index contributed by atoms with van der Waals surface area (Å²) in [6.07, 6.45) is 10.1. The lowest BCUT2D eigenvalue weighted by Crippen LogP contribution is -2.47. The smallest absolute Gasteiger partial charge is 0.0887 e. The van der Waals surface area contributed by atoms with Crippen LogP contribution in [0.3, 0.4) is 0 Å². The molecule has 4 rings (SSSR count). The highest BCUT2D eigenvalue weighted by Gasteiger charge is 2.45. The van der Waals surface area contributed by atoms with E-state index in [-0.39, 0.29) is 5.60 Å². The van der Waals surface area contributed by atoms with Gasteiger partial charge in [-0.05, 0) is 55.4 Å². The van der Waals surface area contributed by atoms with Crippen LogP contribution in [-0.2, 0) is 22.6 Å². The molecule has 0 radical (unpaired) electrons. The fourth-order valence-corrected chi connectivity index (χ4v) is 4.47. The number of piperidine rings is 1. The van der Waals surface area contributed by atoms with Crippen molar-refractivity contribution < 1.29 is 9.47 Å². The van der Waals surface area contributed by atoms with Gasteiger partial charge in [0.15, 0.2) is 0 Å². The molecule has 144 valence electrons. The van der Waals surface area contributed by atoms with E-state index in [2.05, 4.69) is 20.9 Å². The molecule has 1 atom stereocenters. The molecule has 27 heavy (non-hydrogen) atoms. The van der Waals surface area contributed by atoms with Crippen molar-refractivity contribution in [2.24, 2.45) is 5.92 Å². The van der Waals surface area contributed by atoms with Gasteiger partial charge in [0.25, 0.3) is 0 Å². The highest BCUT2D eigenvalue weighted by atomic mass is 16.5. The predicted octanol–water partition coefficient (Wildman–Crippen LogP) is 3.45. The molecule has 2 aromatic rings. The summed E-state index contributed by atoms with van der Waals surface area (Å²) in [7, 11) is 0. The van der Waals surface area contributed by atoms with Crippen molar-refractivity contribution in [3.05, 3.63) is 60.2 Å². The maximum absolute atomic E-state index is 6.30. The zero-order valence-corrected chi connectivity index (χ0v) is 15.9. The molecular formula is C22H29N3O2. The Labute approximate surface area is 161 Å². The van der Waals surface area contributed by atoms with Crippen LogP contribution in [0, 0.1) is 5.92 Å². The number of rotatable bonds is 7. The fourth-order valence-electron chi connectivity index (χ4n) is 4.47. The fraction of sp³-hybridized carbons (Fsp3) is 0.545. The van der Waals surface area contributed by atoms with Gasteiger partial charge in [0.2, 0.25) is 0 Å². The minimum atomic E-state index is 0.0692.